The van der Waals surface area contributed by atoms with Gasteiger partial charge in [0.2, 0.25) is 0 Å². The average molecular weight is 288 g/mol. The van der Waals surface area contributed by atoms with E-state index in [1.165, 1.54) is 50.8 Å². The summed E-state index contributed by atoms with van der Waals surface area (Å²) in [5, 5.41) is 0. The fourth-order valence-corrected chi connectivity index (χ4v) is 3.52. The number of hydrogen-bond acceptors (Lipinski definition) is 2. The van der Waals surface area contributed by atoms with E-state index >= 15 is 0 Å². The van der Waals surface area contributed by atoms with Crippen LogP contribution in [-0.4, -0.2) is 30.6 Å². The number of hydrogen-bond donors (Lipinski definition) is 1. The molecule has 0 aromatic heterocycles. The zero-order valence-electron chi connectivity index (χ0n) is 13.6. The SMILES string of the molecule is CCCC1CCCN(CC(N)CCc2ccccc2)CC1. The van der Waals surface area contributed by atoms with Crippen LogP contribution in [-0.2, 0) is 6.42 Å². The molecule has 1 aliphatic rings. The fourth-order valence-electron chi connectivity index (χ4n) is 3.52. The average Bonchev–Trinajstić information content (AvgIpc) is 2.72. The molecule has 21 heavy (non-hydrogen) atoms. The predicted octanol–water partition coefficient (Wildman–Crippen LogP) is 3.85. The molecule has 1 aromatic carbocycles. The lowest BCUT2D eigenvalue weighted by atomic mass is 9.96. The number of nitrogens with zero attached hydrogens (tertiary/aromatic N) is 1. The van der Waals surface area contributed by atoms with E-state index < -0.39 is 0 Å². The van der Waals surface area contributed by atoms with Gasteiger partial charge in [0.15, 0.2) is 0 Å². The van der Waals surface area contributed by atoms with Gasteiger partial charge in [-0.1, -0.05) is 50.1 Å². The Morgan fingerprint density at radius 2 is 2.00 bits per heavy atom. The molecule has 0 bridgehead atoms. The smallest absolute Gasteiger partial charge is 0.0170 e. The van der Waals surface area contributed by atoms with Crippen LogP contribution in [0.25, 0.3) is 0 Å². The summed E-state index contributed by atoms with van der Waals surface area (Å²) in [6, 6.07) is 11.0. The summed E-state index contributed by atoms with van der Waals surface area (Å²) in [5.74, 6) is 0.959. The van der Waals surface area contributed by atoms with Crippen LogP contribution in [0, 0.1) is 5.92 Å². The van der Waals surface area contributed by atoms with Gasteiger partial charge in [-0.05, 0) is 56.7 Å². The lowest BCUT2D eigenvalue weighted by molar-refractivity contribution is 0.258. The van der Waals surface area contributed by atoms with Crippen molar-refractivity contribution in [2.75, 3.05) is 19.6 Å². The maximum Gasteiger partial charge on any atom is 0.0170 e. The van der Waals surface area contributed by atoms with E-state index in [0.717, 1.165) is 25.3 Å². The summed E-state index contributed by atoms with van der Waals surface area (Å²) in [7, 11) is 0. The minimum Gasteiger partial charge on any atom is -0.327 e. The van der Waals surface area contributed by atoms with Crippen LogP contribution in [0.5, 0.6) is 0 Å². The second-order valence-corrected chi connectivity index (χ2v) is 6.67. The first-order valence-corrected chi connectivity index (χ1v) is 8.79. The highest BCUT2D eigenvalue weighted by molar-refractivity contribution is 5.14. The molecule has 2 atom stereocenters. The minimum absolute atomic E-state index is 0.313. The molecule has 2 N–H and O–H groups in total. The zero-order chi connectivity index (χ0) is 14.9. The number of aryl methyl sites for hydroxylation is 1. The van der Waals surface area contributed by atoms with Gasteiger partial charge in [0, 0.05) is 12.6 Å². The van der Waals surface area contributed by atoms with Crippen molar-refractivity contribution in [3.63, 3.8) is 0 Å². The van der Waals surface area contributed by atoms with Crippen LogP contribution < -0.4 is 5.73 Å². The van der Waals surface area contributed by atoms with Gasteiger partial charge in [0.25, 0.3) is 0 Å². The molecule has 2 heteroatoms. The molecule has 1 aromatic rings. The summed E-state index contributed by atoms with van der Waals surface area (Å²) in [6.07, 6.45) is 9.10. The van der Waals surface area contributed by atoms with E-state index in [2.05, 4.69) is 42.2 Å². The summed E-state index contributed by atoms with van der Waals surface area (Å²) in [5.41, 5.74) is 7.76. The quantitative estimate of drug-likeness (QED) is 0.826. The maximum absolute atomic E-state index is 6.36. The van der Waals surface area contributed by atoms with Crippen LogP contribution >= 0.6 is 0 Å². The van der Waals surface area contributed by atoms with Crippen molar-refractivity contribution >= 4 is 0 Å². The Labute approximate surface area is 130 Å². The number of rotatable bonds is 7. The molecule has 118 valence electrons. The van der Waals surface area contributed by atoms with E-state index in [0.29, 0.717) is 6.04 Å². The topological polar surface area (TPSA) is 29.3 Å². The van der Waals surface area contributed by atoms with E-state index in [9.17, 15) is 0 Å². The Balaban J connectivity index is 1.68. The molecular formula is C19H32N2. The van der Waals surface area contributed by atoms with Gasteiger partial charge in [0.1, 0.15) is 0 Å². The third-order valence-electron chi connectivity index (χ3n) is 4.78. The summed E-state index contributed by atoms with van der Waals surface area (Å²) < 4.78 is 0. The van der Waals surface area contributed by atoms with Crippen LogP contribution in [0.3, 0.4) is 0 Å². The van der Waals surface area contributed by atoms with Crippen molar-refractivity contribution in [3.8, 4) is 0 Å². The monoisotopic (exact) mass is 288 g/mol. The predicted molar refractivity (Wildman–Crippen MR) is 91.4 cm³/mol. The fraction of sp³-hybridized carbons (Fsp3) is 0.684. The summed E-state index contributed by atoms with van der Waals surface area (Å²) in [4.78, 5) is 2.60. The van der Waals surface area contributed by atoms with Crippen LogP contribution in [0.4, 0.5) is 0 Å². The molecule has 0 amide bonds. The van der Waals surface area contributed by atoms with Crippen molar-refractivity contribution < 1.29 is 0 Å². The van der Waals surface area contributed by atoms with Crippen LogP contribution in [0.1, 0.15) is 51.0 Å². The Morgan fingerprint density at radius 1 is 1.19 bits per heavy atom. The van der Waals surface area contributed by atoms with Crippen molar-refractivity contribution in [1.29, 1.82) is 0 Å². The van der Waals surface area contributed by atoms with Crippen molar-refractivity contribution in [1.82, 2.24) is 4.90 Å². The standard InChI is InChI=1S/C19H32N2/c1-2-7-17-10-6-14-21(15-13-17)16-19(20)12-11-18-8-4-3-5-9-18/h3-5,8-9,17,19H,2,6-7,10-16,20H2,1H3. The van der Waals surface area contributed by atoms with Crippen LogP contribution in [0.2, 0.25) is 0 Å². The van der Waals surface area contributed by atoms with Crippen molar-refractivity contribution in [3.05, 3.63) is 35.9 Å². The summed E-state index contributed by atoms with van der Waals surface area (Å²) >= 11 is 0. The molecule has 1 heterocycles. The number of nitrogens with two attached hydrogens (primary N) is 1. The first-order chi connectivity index (χ1) is 10.3. The second-order valence-electron chi connectivity index (χ2n) is 6.67. The Morgan fingerprint density at radius 3 is 2.76 bits per heavy atom. The first kappa shape index (κ1) is 16.5. The molecule has 0 aliphatic carbocycles. The highest BCUT2D eigenvalue weighted by Gasteiger charge is 2.17. The van der Waals surface area contributed by atoms with E-state index in [1.54, 1.807) is 0 Å². The zero-order valence-corrected chi connectivity index (χ0v) is 13.6. The lowest BCUT2D eigenvalue weighted by Crippen LogP contribution is -2.38. The molecular weight excluding hydrogens is 256 g/mol. The molecule has 0 saturated carbocycles. The second kappa shape index (κ2) is 9.22. The molecule has 1 fully saturated rings. The highest BCUT2D eigenvalue weighted by Crippen LogP contribution is 2.22. The summed E-state index contributed by atoms with van der Waals surface area (Å²) in [6.45, 7) is 5.89. The Kier molecular flexibility index (Phi) is 7.25. The van der Waals surface area contributed by atoms with Gasteiger partial charge >= 0.3 is 0 Å². The van der Waals surface area contributed by atoms with Gasteiger partial charge < -0.3 is 10.6 Å². The number of likely N-dealkylation sites (tertiary alicyclic amines) is 1. The third-order valence-corrected chi connectivity index (χ3v) is 4.78. The van der Waals surface area contributed by atoms with Crippen molar-refractivity contribution in [2.24, 2.45) is 11.7 Å². The van der Waals surface area contributed by atoms with E-state index in [1.807, 2.05) is 0 Å². The Bertz CT molecular complexity index is 376. The van der Waals surface area contributed by atoms with E-state index in [-0.39, 0.29) is 0 Å². The molecule has 1 saturated heterocycles. The molecule has 0 radical (unpaired) electrons. The molecule has 2 rings (SSSR count). The van der Waals surface area contributed by atoms with Gasteiger partial charge in [-0.15, -0.1) is 0 Å². The number of benzene rings is 1. The minimum atomic E-state index is 0.313. The van der Waals surface area contributed by atoms with Crippen molar-refractivity contribution in [2.45, 2.75) is 57.9 Å². The third kappa shape index (κ3) is 6.19. The normalized spacial score (nSPS) is 21.9. The van der Waals surface area contributed by atoms with E-state index in [4.69, 9.17) is 5.73 Å². The maximum atomic E-state index is 6.36. The van der Waals surface area contributed by atoms with Gasteiger partial charge in [0.05, 0.1) is 0 Å². The molecule has 2 unspecified atom stereocenters. The lowest BCUT2D eigenvalue weighted by Gasteiger charge is -2.24. The van der Waals surface area contributed by atoms with Crippen LogP contribution in [0.15, 0.2) is 30.3 Å². The Hall–Kier alpha value is -0.860. The van der Waals surface area contributed by atoms with Gasteiger partial charge in [-0.2, -0.15) is 0 Å². The molecule has 1 aliphatic heterocycles. The molecule has 2 nitrogen and oxygen atoms in total. The van der Waals surface area contributed by atoms with Gasteiger partial charge in [-0.25, -0.2) is 0 Å². The largest absolute Gasteiger partial charge is 0.327 e. The highest BCUT2D eigenvalue weighted by atomic mass is 15.1. The van der Waals surface area contributed by atoms with Gasteiger partial charge in [-0.3, -0.25) is 0 Å². The first-order valence-electron chi connectivity index (χ1n) is 8.79. The molecule has 0 spiro atoms.